The van der Waals surface area contributed by atoms with Crippen LogP contribution in [-0.4, -0.2) is 95.4 Å². The zero-order valence-corrected chi connectivity index (χ0v) is 34.3. The minimum atomic E-state index is -1.50. The number of aliphatic hydroxyl groups is 1. The highest BCUT2D eigenvalue weighted by Gasteiger charge is 2.35. The summed E-state index contributed by atoms with van der Waals surface area (Å²) < 4.78 is 0. The molecule has 306 valence electrons. The van der Waals surface area contributed by atoms with Crippen molar-refractivity contribution in [2.75, 3.05) is 19.7 Å². The zero-order valence-electron chi connectivity index (χ0n) is 34.3. The quantitative estimate of drug-likeness (QED) is 0.0609. The Hall–Kier alpha value is -3.75. The van der Waals surface area contributed by atoms with Crippen LogP contribution >= 0.6 is 0 Å². The third-order valence-electron chi connectivity index (χ3n) is 8.84. The predicted octanol–water partition coefficient (Wildman–Crippen LogP) is 1.95. The lowest BCUT2D eigenvalue weighted by Gasteiger charge is -2.29. The number of aliphatic hydroxyl groups excluding tert-OH is 1. The van der Waals surface area contributed by atoms with Gasteiger partial charge in [-0.25, -0.2) is 0 Å². The maximum absolute atomic E-state index is 13.4. The van der Waals surface area contributed by atoms with Crippen LogP contribution < -0.4 is 37.2 Å². The van der Waals surface area contributed by atoms with Crippen molar-refractivity contribution in [1.82, 2.24) is 37.2 Å². The largest absolute Gasteiger partial charge is 0.394 e. The fourth-order valence-electron chi connectivity index (χ4n) is 5.49. The molecule has 0 spiro atoms. The third kappa shape index (κ3) is 20.3. The van der Waals surface area contributed by atoms with Crippen LogP contribution in [0.2, 0.25) is 0 Å². The van der Waals surface area contributed by atoms with Gasteiger partial charge in [0, 0.05) is 6.42 Å². The van der Waals surface area contributed by atoms with Gasteiger partial charge in [-0.15, -0.1) is 0 Å². The summed E-state index contributed by atoms with van der Waals surface area (Å²) in [6.45, 7) is 18.3. The van der Waals surface area contributed by atoms with Gasteiger partial charge in [-0.1, -0.05) is 80.6 Å². The lowest BCUT2D eigenvalue weighted by atomic mass is 9.97. The van der Waals surface area contributed by atoms with Crippen molar-refractivity contribution < 1.29 is 38.7 Å². The summed E-state index contributed by atoms with van der Waals surface area (Å²) in [6.07, 6.45) is 6.62. The van der Waals surface area contributed by atoms with Gasteiger partial charge in [-0.2, -0.15) is 0 Å². The Kier molecular flexibility index (Phi) is 22.8. The number of nitrogens with one attached hydrogen (secondary N) is 7. The van der Waals surface area contributed by atoms with E-state index < -0.39 is 77.7 Å². The molecule has 4 atom stereocenters. The highest BCUT2D eigenvalue weighted by molar-refractivity contribution is 5.97. The van der Waals surface area contributed by atoms with Gasteiger partial charge in [0.1, 0.15) is 23.2 Å². The summed E-state index contributed by atoms with van der Waals surface area (Å²) in [5, 5.41) is 28.2. The molecule has 0 saturated carbocycles. The zero-order chi connectivity index (χ0) is 40.9. The number of carbonyl (C=O) groups excluding carboxylic acids is 7. The number of unbranched alkanes of at least 4 members (excludes halogenated alkanes) is 4. The van der Waals surface area contributed by atoms with Crippen molar-refractivity contribution in [3.63, 3.8) is 0 Å². The summed E-state index contributed by atoms with van der Waals surface area (Å²) in [7, 11) is 0. The standard InChI is InChI=1S/C38H71N7O8/c1-12-14-15-16-17-18-29(47)44-37(8,9)35(52)39-21-30(48)42-28(20-25(5)6)33(50)45-38(10,11)36(53)40-22-31(49)43-32(26(7)13-2)34(51)41-27(23-46)19-24(3)4/h24-28,32,46H,12-23H2,1-11H3,(H,39,52)(H,40,53)(H,41,51)(H,42,48)(H,43,49)(H,44,47)(H,45,50)/t26-,27-,28-,32-/m0/s1. The van der Waals surface area contributed by atoms with E-state index in [0.717, 1.165) is 32.1 Å². The Morgan fingerprint density at radius 1 is 0.604 bits per heavy atom. The topological polar surface area (TPSA) is 224 Å². The number of rotatable bonds is 26. The summed E-state index contributed by atoms with van der Waals surface area (Å²) >= 11 is 0. The van der Waals surface area contributed by atoms with Crippen LogP contribution in [0.1, 0.15) is 134 Å². The molecule has 0 aliphatic carbocycles. The molecule has 0 aromatic carbocycles. The maximum atomic E-state index is 13.4. The number of carbonyl (C=O) groups is 7. The van der Waals surface area contributed by atoms with Gasteiger partial charge < -0.3 is 42.3 Å². The molecule has 0 aliphatic rings. The Balaban J connectivity index is 5.26. The van der Waals surface area contributed by atoms with Crippen molar-refractivity contribution in [3.05, 3.63) is 0 Å². The van der Waals surface area contributed by atoms with Crippen LogP contribution in [0.3, 0.4) is 0 Å². The minimum absolute atomic E-state index is 0.0221. The molecular weight excluding hydrogens is 682 g/mol. The highest BCUT2D eigenvalue weighted by atomic mass is 16.3. The summed E-state index contributed by atoms with van der Waals surface area (Å²) in [5.41, 5.74) is -2.76. The average Bonchev–Trinajstić information content (AvgIpc) is 3.06. The van der Waals surface area contributed by atoms with E-state index in [2.05, 4.69) is 44.1 Å². The van der Waals surface area contributed by atoms with Gasteiger partial charge in [0.15, 0.2) is 0 Å². The third-order valence-corrected chi connectivity index (χ3v) is 8.84. The molecule has 15 heteroatoms. The Morgan fingerprint density at radius 2 is 1.11 bits per heavy atom. The van der Waals surface area contributed by atoms with E-state index in [1.54, 1.807) is 13.8 Å². The molecule has 0 aromatic heterocycles. The van der Waals surface area contributed by atoms with Gasteiger partial charge in [-0.05, 0) is 64.7 Å². The normalized spacial score (nSPS) is 14.0. The van der Waals surface area contributed by atoms with E-state index in [0.29, 0.717) is 19.3 Å². The van der Waals surface area contributed by atoms with Gasteiger partial charge in [-0.3, -0.25) is 33.6 Å². The van der Waals surface area contributed by atoms with Crippen molar-refractivity contribution in [2.24, 2.45) is 17.8 Å². The Bertz CT molecular complexity index is 1200. The molecule has 0 unspecified atom stereocenters. The second-order valence-electron chi connectivity index (χ2n) is 16.0. The molecular formula is C38H71N7O8. The second kappa shape index (κ2) is 24.5. The summed E-state index contributed by atoms with van der Waals surface area (Å²) in [6, 6.07) is -2.39. The van der Waals surface area contributed by atoms with E-state index >= 15 is 0 Å². The first kappa shape index (κ1) is 49.2. The smallest absolute Gasteiger partial charge is 0.245 e. The highest BCUT2D eigenvalue weighted by Crippen LogP contribution is 2.12. The summed E-state index contributed by atoms with van der Waals surface area (Å²) in [4.78, 5) is 90.5. The number of amides is 7. The average molecular weight is 754 g/mol. The molecule has 0 radical (unpaired) electrons. The van der Waals surface area contributed by atoms with E-state index in [1.165, 1.54) is 13.8 Å². The van der Waals surface area contributed by atoms with Gasteiger partial charge in [0.05, 0.1) is 25.7 Å². The molecule has 53 heavy (non-hydrogen) atoms. The van der Waals surface area contributed by atoms with Gasteiger partial charge >= 0.3 is 0 Å². The minimum Gasteiger partial charge on any atom is -0.394 e. The molecule has 7 amide bonds. The SMILES string of the molecule is CCCCCCCC(=O)NC(C)(C)C(=O)NCC(=O)N[C@@H](CC(C)C)C(=O)NC(C)(C)C(=O)NCC(=O)N[C@H](C(=O)N[C@H](CO)CC(C)C)[C@@H](C)CC. The Morgan fingerprint density at radius 3 is 1.60 bits per heavy atom. The second-order valence-corrected chi connectivity index (χ2v) is 16.0. The van der Waals surface area contributed by atoms with Crippen LogP contribution in [0.4, 0.5) is 0 Å². The van der Waals surface area contributed by atoms with Crippen molar-refractivity contribution in [1.29, 1.82) is 0 Å². The lowest BCUT2D eigenvalue weighted by Crippen LogP contribution is -2.61. The molecule has 0 bridgehead atoms. The molecule has 0 aliphatic heterocycles. The van der Waals surface area contributed by atoms with E-state index in [1.807, 2.05) is 41.5 Å². The monoisotopic (exact) mass is 754 g/mol. The van der Waals surface area contributed by atoms with E-state index in [4.69, 9.17) is 0 Å². The first-order chi connectivity index (χ1) is 24.6. The molecule has 0 aromatic rings. The molecule has 0 saturated heterocycles. The van der Waals surface area contributed by atoms with E-state index in [-0.39, 0.29) is 36.7 Å². The van der Waals surface area contributed by atoms with E-state index in [9.17, 15) is 38.7 Å². The predicted molar refractivity (Wildman–Crippen MR) is 205 cm³/mol. The van der Waals surface area contributed by atoms with Crippen LogP contribution in [0, 0.1) is 17.8 Å². The van der Waals surface area contributed by atoms with Gasteiger partial charge in [0.25, 0.3) is 0 Å². The van der Waals surface area contributed by atoms with Crippen LogP contribution in [-0.2, 0) is 33.6 Å². The number of hydrogen-bond acceptors (Lipinski definition) is 8. The Labute approximate surface area is 317 Å². The van der Waals surface area contributed by atoms with Crippen LogP contribution in [0.15, 0.2) is 0 Å². The van der Waals surface area contributed by atoms with Crippen molar-refractivity contribution in [3.8, 4) is 0 Å². The maximum Gasteiger partial charge on any atom is 0.245 e. The van der Waals surface area contributed by atoms with Crippen LogP contribution in [0.5, 0.6) is 0 Å². The fourth-order valence-corrected chi connectivity index (χ4v) is 5.49. The molecule has 8 N–H and O–H groups in total. The van der Waals surface area contributed by atoms with Crippen LogP contribution in [0.25, 0.3) is 0 Å². The fraction of sp³-hybridized carbons (Fsp3) is 0.816. The molecule has 0 rings (SSSR count). The number of hydrogen-bond donors (Lipinski definition) is 8. The first-order valence-corrected chi connectivity index (χ1v) is 19.3. The molecule has 0 fully saturated rings. The summed E-state index contributed by atoms with van der Waals surface area (Å²) in [5.74, 6) is -3.80. The molecule has 15 nitrogen and oxygen atoms in total. The molecule has 0 heterocycles. The van der Waals surface area contributed by atoms with Crippen molar-refractivity contribution in [2.45, 2.75) is 163 Å². The van der Waals surface area contributed by atoms with Crippen molar-refractivity contribution >= 4 is 41.4 Å². The van der Waals surface area contributed by atoms with Gasteiger partial charge in [0.2, 0.25) is 41.4 Å². The first-order valence-electron chi connectivity index (χ1n) is 19.3. The lowest BCUT2D eigenvalue weighted by molar-refractivity contribution is -0.136.